The highest BCUT2D eigenvalue weighted by Gasteiger charge is 2.59. The number of aryl methyl sites for hydroxylation is 1. The SMILES string of the molecule is C=C1C[C@H](CCC2OCCO2)O[C@H]1CC[C@H]1C[C@H](C)C(=C)[C@@H](C[C@@H]2O[C@H](C[C@@H](CO[Si](C)(C)C(C)(C)C)O[Si](C)(C)C(C)(C)C)[C@H](OC)[C@H]2CSC(c2cc(CC)ccc2[SH](=O)=O)[C@H]2CC[C@@H]3O[C@@H](C(/C=C/I)O[Si](C)(C)C(C)(C)C)C(O[Si](C)(C)C(C)(C)C)C(O[Si](C)(C)C(C)(C)C)[C@H]3O2)O1. The number of thiol groups is 1. The van der Waals surface area contributed by atoms with E-state index in [0.717, 1.165) is 67.2 Å². The van der Waals surface area contributed by atoms with Crippen molar-refractivity contribution in [2.45, 2.75) is 387 Å². The van der Waals surface area contributed by atoms with Crippen LogP contribution in [0.15, 0.2) is 57.6 Å². The summed E-state index contributed by atoms with van der Waals surface area (Å²) >= 11 is 4.10. The molecule has 6 aliphatic heterocycles. The van der Waals surface area contributed by atoms with E-state index in [9.17, 15) is 8.42 Å². The molecular weight excluding hydrogens is 1520 g/mol. The number of hydrogen-bond donors (Lipinski definition) is 1. The maximum absolute atomic E-state index is 14.0. The van der Waals surface area contributed by atoms with E-state index in [-0.39, 0.29) is 98.3 Å². The number of benzene rings is 1. The van der Waals surface area contributed by atoms with Crippen LogP contribution in [0.1, 0.15) is 198 Å². The molecule has 6 saturated heterocycles. The second kappa shape index (κ2) is 35.4. The van der Waals surface area contributed by atoms with Crippen LogP contribution in [-0.4, -0.2) is 181 Å². The average molecular weight is 1660 g/mol. The molecule has 15 nitrogen and oxygen atoms in total. The number of fused-ring (bicyclic) bond motifs is 1. The van der Waals surface area contributed by atoms with E-state index in [2.05, 4.69) is 229 Å². The largest absolute Gasteiger partial charge is 0.414 e. The molecule has 18 atom stereocenters. The van der Waals surface area contributed by atoms with Crippen molar-refractivity contribution < 1.29 is 68.4 Å². The lowest BCUT2D eigenvalue weighted by molar-refractivity contribution is -0.266. The summed E-state index contributed by atoms with van der Waals surface area (Å²) in [5.41, 5.74) is 4.03. The first-order valence-electron chi connectivity index (χ1n) is 38.8. The summed E-state index contributed by atoms with van der Waals surface area (Å²) in [4.78, 5) is 0.310. The fourth-order valence-electron chi connectivity index (χ4n) is 14.0. The highest BCUT2D eigenvalue weighted by molar-refractivity contribution is 14.1. The van der Waals surface area contributed by atoms with Crippen molar-refractivity contribution in [2.75, 3.05) is 32.7 Å². The topological polar surface area (TPSA) is 154 Å². The maximum atomic E-state index is 14.0. The molecule has 0 radical (unpaired) electrons. The molecule has 1 aromatic rings. The molecule has 0 bridgehead atoms. The molecule has 6 heterocycles. The highest BCUT2D eigenvalue weighted by atomic mass is 127. The lowest BCUT2D eigenvalue weighted by Gasteiger charge is -2.56. The van der Waals surface area contributed by atoms with Gasteiger partial charge in [-0.15, -0.1) is 0 Å². The first-order valence-corrected chi connectivity index (χ1v) is 56.8. The normalized spacial score (nSPS) is 30.6. The lowest BCUT2D eigenvalue weighted by Crippen LogP contribution is -2.69. The van der Waals surface area contributed by atoms with Gasteiger partial charge in [0.15, 0.2) is 58.6 Å². The van der Waals surface area contributed by atoms with Crippen LogP contribution >= 0.6 is 34.4 Å². The van der Waals surface area contributed by atoms with E-state index < -0.39 is 94.2 Å². The molecule has 6 fully saturated rings. The molecule has 0 saturated carbocycles. The number of thioether (sulfide) groups is 1. The Morgan fingerprint density at radius 3 is 1.79 bits per heavy atom. The van der Waals surface area contributed by atoms with Crippen LogP contribution in [0.4, 0.5) is 0 Å². The van der Waals surface area contributed by atoms with Crippen molar-refractivity contribution in [1.82, 2.24) is 0 Å². The number of rotatable bonds is 31. The van der Waals surface area contributed by atoms with Gasteiger partial charge in [0.1, 0.15) is 24.4 Å². The van der Waals surface area contributed by atoms with E-state index in [4.69, 9.17) is 66.6 Å². The van der Waals surface area contributed by atoms with Gasteiger partial charge in [0, 0.05) is 38.0 Å². The van der Waals surface area contributed by atoms with E-state index in [1.54, 1.807) is 11.8 Å². The Bertz CT molecular complexity index is 3010. The van der Waals surface area contributed by atoms with Crippen molar-refractivity contribution >= 4 is 86.6 Å². The van der Waals surface area contributed by atoms with Gasteiger partial charge in [-0.2, -0.15) is 11.8 Å². The van der Waals surface area contributed by atoms with Crippen LogP contribution in [-0.2, 0) is 77.1 Å². The third-order valence-electron chi connectivity index (χ3n) is 25.9. The Morgan fingerprint density at radius 2 is 1.24 bits per heavy atom. The summed E-state index contributed by atoms with van der Waals surface area (Å²) in [6.45, 7) is 73.1. The Hall–Kier alpha value is 0.0344. The smallest absolute Gasteiger partial charge is 0.193 e. The molecular formula is C79H143IO15S2Si5. The second-order valence-electron chi connectivity index (χ2n) is 38.5. The molecule has 7 rings (SSSR count). The van der Waals surface area contributed by atoms with Gasteiger partial charge in [0.25, 0.3) is 0 Å². The molecule has 6 aliphatic rings. The van der Waals surface area contributed by atoms with Gasteiger partial charge in [0.2, 0.25) is 0 Å². The van der Waals surface area contributed by atoms with Crippen molar-refractivity contribution in [1.29, 1.82) is 0 Å². The van der Waals surface area contributed by atoms with Crippen LogP contribution in [0.25, 0.3) is 0 Å². The monoisotopic (exact) mass is 1660 g/mol. The fourth-order valence-corrected chi connectivity index (χ4v) is 23.0. The molecule has 102 heavy (non-hydrogen) atoms. The second-order valence-corrected chi connectivity index (χ2v) is 65.2. The number of halogens is 1. The minimum atomic E-state index is -3.02. The number of methoxy groups -OCH3 is 1. The van der Waals surface area contributed by atoms with E-state index in [0.29, 0.717) is 56.2 Å². The van der Waals surface area contributed by atoms with Gasteiger partial charge in [-0.25, -0.2) is 8.42 Å². The Kier molecular flexibility index (Phi) is 31.0. The molecule has 588 valence electrons. The number of hydrogen-bond acceptors (Lipinski definition) is 16. The highest BCUT2D eigenvalue weighted by Crippen LogP contribution is 2.52. The Morgan fingerprint density at radius 1 is 0.667 bits per heavy atom. The van der Waals surface area contributed by atoms with E-state index >= 15 is 0 Å². The molecule has 0 aliphatic carbocycles. The summed E-state index contributed by atoms with van der Waals surface area (Å²) in [5, 5.41) is -0.905. The van der Waals surface area contributed by atoms with Crippen molar-refractivity contribution in [3.05, 3.63) is 63.8 Å². The van der Waals surface area contributed by atoms with Crippen LogP contribution in [0.2, 0.25) is 90.7 Å². The molecule has 23 heteroatoms. The predicted octanol–water partition coefficient (Wildman–Crippen LogP) is 20.0. The Labute approximate surface area is 645 Å². The molecule has 0 spiro atoms. The summed E-state index contributed by atoms with van der Waals surface area (Å²) in [7, 11) is -13.4. The quantitative estimate of drug-likeness (QED) is 0.0324. The van der Waals surface area contributed by atoms with Gasteiger partial charge in [-0.1, -0.05) is 166 Å². The fraction of sp³-hybridized carbons (Fsp3) is 0.848. The number of ether oxygens (including phenoxy) is 8. The van der Waals surface area contributed by atoms with Gasteiger partial charge in [-0.3, -0.25) is 0 Å². The van der Waals surface area contributed by atoms with Crippen LogP contribution in [0, 0.1) is 11.8 Å². The van der Waals surface area contributed by atoms with Crippen molar-refractivity contribution in [3.8, 4) is 0 Å². The van der Waals surface area contributed by atoms with Crippen molar-refractivity contribution in [3.63, 3.8) is 0 Å². The predicted molar refractivity (Wildman–Crippen MR) is 441 cm³/mol. The minimum absolute atomic E-state index is 0.00561. The summed E-state index contributed by atoms with van der Waals surface area (Å²) in [6.07, 6.45) is 5.14. The van der Waals surface area contributed by atoms with Gasteiger partial charge < -0.3 is 60.0 Å². The minimum Gasteiger partial charge on any atom is -0.414 e. The summed E-state index contributed by atoms with van der Waals surface area (Å²) in [5.74, 6) is 0.588. The zero-order chi connectivity index (χ0) is 76.5. The van der Waals surface area contributed by atoms with Gasteiger partial charge in [0.05, 0.1) is 97.1 Å². The Balaban J connectivity index is 1.31. The third-order valence-corrected chi connectivity index (χ3v) is 51.0. The first-order chi connectivity index (χ1) is 46.9. The van der Waals surface area contributed by atoms with E-state index in [1.807, 2.05) is 19.2 Å². The molecule has 0 aromatic heterocycles. The summed E-state index contributed by atoms with van der Waals surface area (Å²) in [6, 6.07) is 5.90. The molecule has 4 unspecified atom stereocenters. The average Bonchev–Trinajstić information content (AvgIpc) is 0.897. The van der Waals surface area contributed by atoms with Crippen molar-refractivity contribution in [2.24, 2.45) is 11.8 Å². The van der Waals surface area contributed by atoms with Gasteiger partial charge in [-0.05, 0) is 186 Å². The summed E-state index contributed by atoms with van der Waals surface area (Å²) < 4.78 is 124. The first kappa shape index (κ1) is 89.2. The zero-order valence-corrected chi connectivity index (χ0v) is 77.6. The van der Waals surface area contributed by atoms with E-state index in [1.165, 1.54) is 0 Å². The maximum Gasteiger partial charge on any atom is 0.193 e. The van der Waals surface area contributed by atoms with Gasteiger partial charge >= 0.3 is 0 Å². The standard InChI is InChI=1S/C79H143IO15S2Si5/c1-31-54-32-38-67(97(81)82)58(46-54)74(63-37-36-61-70(91-63)72(94-101(27,28)78(14,15)16)73(95-102(29,30)79(17,18)19)71(90-61)62(40-41-80)93-100(25,26)77(11,12)13)96-50-59-65(89-66(69(59)83-20)47-57(92-99(23,24)76(8,9)10)49-86-98(21,22)75(5,6)7)48-64-53(4)51(2)44-55(88-64)33-35-60-52(3)45-56(87-60)34-39-68-84-42-43-85-68/h32,38,40-41,46,51,55-57,59-66,68-74,97H,3-4,31,33-37,39,42-45,47-50H2,1-2,5-30H3/b41-40+/t51-,55-,56-,57-,59-,60-,61-,62?,63+,64+,65-,66+,69+,70-,71-,72?,73?,74?/m0/s1. The molecule has 0 N–H and O–H groups in total. The third kappa shape index (κ3) is 22.2. The molecule has 0 amide bonds. The molecule has 1 aromatic carbocycles. The van der Waals surface area contributed by atoms with Crippen LogP contribution in [0.3, 0.4) is 0 Å². The van der Waals surface area contributed by atoms with Crippen LogP contribution in [0.5, 0.6) is 0 Å². The zero-order valence-electron chi connectivity index (χ0n) is 68.7. The lowest BCUT2D eigenvalue weighted by atomic mass is 9.83. The van der Waals surface area contributed by atoms with Crippen LogP contribution < -0.4 is 0 Å².